The van der Waals surface area contributed by atoms with Gasteiger partial charge in [0.1, 0.15) is 18.6 Å². The molecule has 0 aliphatic rings. The molecule has 0 fully saturated rings. The minimum atomic E-state index is -1.20. The van der Waals surface area contributed by atoms with Crippen molar-refractivity contribution in [3.05, 3.63) is 0 Å². The number of hydrogen-bond donors (Lipinski definition) is 6. The van der Waals surface area contributed by atoms with E-state index in [1.54, 1.807) is 13.8 Å². The fourth-order valence-electron chi connectivity index (χ4n) is 1.70. The van der Waals surface area contributed by atoms with E-state index in [1.165, 1.54) is 0 Å². The average molecular weight is 349 g/mol. The van der Waals surface area contributed by atoms with Crippen molar-refractivity contribution < 1.29 is 29.4 Å². The largest absolute Gasteiger partial charge is 0.480 e. The Bertz CT molecular complexity index is 443. The maximum Gasteiger partial charge on any atom is 0.322 e. The molecule has 2 amide bonds. The highest BCUT2D eigenvalue weighted by atomic mass is 32.1. The van der Waals surface area contributed by atoms with E-state index >= 15 is 0 Å². The van der Waals surface area contributed by atoms with Gasteiger partial charge in [0.15, 0.2) is 0 Å². The lowest BCUT2D eigenvalue weighted by Crippen LogP contribution is -2.49. The molecular weight excluding hydrogens is 326 g/mol. The maximum atomic E-state index is 11.8. The number of carboxylic acids is 2. The Morgan fingerprint density at radius 3 is 2.13 bits per heavy atom. The molecule has 0 radical (unpaired) electrons. The lowest BCUT2D eigenvalue weighted by atomic mass is 10.1. The first-order valence-electron chi connectivity index (χ1n) is 7.06. The highest BCUT2D eigenvalue weighted by Crippen LogP contribution is 2.01. The van der Waals surface area contributed by atoms with Crippen LogP contribution < -0.4 is 16.0 Å². The van der Waals surface area contributed by atoms with Crippen LogP contribution >= 0.6 is 12.6 Å². The summed E-state index contributed by atoms with van der Waals surface area (Å²) in [7, 11) is 0. The van der Waals surface area contributed by atoms with E-state index in [9.17, 15) is 19.2 Å². The van der Waals surface area contributed by atoms with Crippen LogP contribution in [0.4, 0.5) is 0 Å². The Labute approximate surface area is 139 Å². The molecule has 132 valence electrons. The van der Waals surface area contributed by atoms with Crippen LogP contribution in [0, 0.1) is 0 Å². The highest BCUT2D eigenvalue weighted by molar-refractivity contribution is 7.80. The number of rotatable bonds is 11. The van der Waals surface area contributed by atoms with E-state index < -0.39 is 42.4 Å². The van der Waals surface area contributed by atoms with Gasteiger partial charge >= 0.3 is 11.9 Å². The molecule has 0 saturated carbocycles. The first-order chi connectivity index (χ1) is 10.7. The third kappa shape index (κ3) is 9.74. The molecule has 0 heterocycles. The molecule has 10 heteroatoms. The SMILES string of the molecule is CC(C)N[C@@H](CCC(=O)N[C@@H](CS)C(=O)NCC(=O)O)C(=O)O. The van der Waals surface area contributed by atoms with Crippen LogP contribution in [0.1, 0.15) is 26.7 Å². The summed E-state index contributed by atoms with van der Waals surface area (Å²) in [5.41, 5.74) is 0. The van der Waals surface area contributed by atoms with Crippen molar-refractivity contribution >= 4 is 36.4 Å². The molecule has 0 unspecified atom stereocenters. The Balaban J connectivity index is 4.40. The van der Waals surface area contributed by atoms with E-state index in [2.05, 4.69) is 28.6 Å². The Morgan fingerprint density at radius 2 is 1.70 bits per heavy atom. The first kappa shape index (κ1) is 21.2. The predicted molar refractivity (Wildman–Crippen MR) is 85.4 cm³/mol. The third-order valence-corrected chi connectivity index (χ3v) is 3.11. The van der Waals surface area contributed by atoms with Crippen LogP contribution in [0.25, 0.3) is 0 Å². The minimum Gasteiger partial charge on any atom is -0.480 e. The summed E-state index contributed by atoms with van der Waals surface area (Å²) in [5, 5.41) is 24.9. The molecule has 0 rings (SSSR count). The van der Waals surface area contributed by atoms with Gasteiger partial charge in [-0.3, -0.25) is 19.2 Å². The van der Waals surface area contributed by atoms with Crippen molar-refractivity contribution in [3.63, 3.8) is 0 Å². The van der Waals surface area contributed by atoms with Crippen molar-refractivity contribution in [3.8, 4) is 0 Å². The van der Waals surface area contributed by atoms with Gasteiger partial charge in [-0.2, -0.15) is 12.6 Å². The molecule has 0 aliphatic heterocycles. The summed E-state index contributed by atoms with van der Waals surface area (Å²) in [6, 6.07) is -1.89. The van der Waals surface area contributed by atoms with Gasteiger partial charge in [-0.25, -0.2) is 0 Å². The van der Waals surface area contributed by atoms with Crippen molar-refractivity contribution in [2.45, 2.75) is 44.8 Å². The zero-order chi connectivity index (χ0) is 18.0. The maximum absolute atomic E-state index is 11.8. The van der Waals surface area contributed by atoms with Crippen LogP contribution in [-0.2, 0) is 19.2 Å². The van der Waals surface area contributed by atoms with Crippen molar-refractivity contribution in [2.75, 3.05) is 12.3 Å². The monoisotopic (exact) mass is 349 g/mol. The van der Waals surface area contributed by atoms with Crippen LogP contribution in [0.5, 0.6) is 0 Å². The van der Waals surface area contributed by atoms with Crippen molar-refractivity contribution in [2.24, 2.45) is 0 Å². The molecule has 9 nitrogen and oxygen atoms in total. The van der Waals surface area contributed by atoms with Crippen LogP contribution in [0.2, 0.25) is 0 Å². The quantitative estimate of drug-likeness (QED) is 0.258. The smallest absolute Gasteiger partial charge is 0.322 e. The summed E-state index contributed by atoms with van der Waals surface area (Å²) >= 11 is 3.93. The molecule has 5 N–H and O–H groups in total. The van der Waals surface area contributed by atoms with E-state index in [0.717, 1.165) is 0 Å². The summed E-state index contributed by atoms with van der Waals surface area (Å²) in [4.78, 5) is 44.9. The standard InChI is InChI=1S/C13H23N3O6S/c1-7(2)15-8(13(21)22)3-4-10(17)16-9(6-23)12(20)14-5-11(18)19/h7-9,15,23H,3-6H2,1-2H3,(H,14,20)(H,16,17)(H,18,19)(H,21,22)/t8-,9-/m0/s1. The van der Waals surface area contributed by atoms with E-state index in [0.29, 0.717) is 0 Å². The average Bonchev–Trinajstić information content (AvgIpc) is 2.45. The first-order valence-corrected chi connectivity index (χ1v) is 7.69. The van der Waals surface area contributed by atoms with Gasteiger partial charge in [-0.15, -0.1) is 0 Å². The zero-order valence-electron chi connectivity index (χ0n) is 13.0. The van der Waals surface area contributed by atoms with E-state index in [1.807, 2.05) is 0 Å². The molecule has 0 aliphatic carbocycles. The molecule has 2 atom stereocenters. The molecule has 0 aromatic heterocycles. The normalized spacial score (nSPS) is 13.2. The summed E-state index contributed by atoms with van der Waals surface area (Å²) in [6.07, 6.45) is -0.0252. The second-order valence-corrected chi connectivity index (χ2v) is 5.53. The summed E-state index contributed by atoms with van der Waals surface area (Å²) < 4.78 is 0. The lowest BCUT2D eigenvalue weighted by molar-refractivity contribution is -0.140. The topological polar surface area (TPSA) is 145 Å². The summed E-state index contributed by atoms with van der Waals surface area (Å²) in [6.45, 7) is 3.03. The molecule has 0 aromatic rings. The van der Waals surface area contributed by atoms with Crippen molar-refractivity contribution in [1.82, 2.24) is 16.0 Å². The summed E-state index contributed by atoms with van der Waals surface area (Å²) in [5.74, 6) is -3.44. The minimum absolute atomic E-state index is 0.0101. The Kier molecular flexibility index (Phi) is 9.99. The lowest BCUT2D eigenvalue weighted by Gasteiger charge is -2.18. The van der Waals surface area contributed by atoms with Crippen LogP contribution in [-0.4, -0.2) is 64.4 Å². The number of nitrogens with one attached hydrogen (secondary N) is 3. The molecule has 0 bridgehead atoms. The fourth-order valence-corrected chi connectivity index (χ4v) is 1.96. The Hall–Kier alpha value is -1.81. The highest BCUT2D eigenvalue weighted by Gasteiger charge is 2.22. The van der Waals surface area contributed by atoms with Gasteiger partial charge in [-0.05, 0) is 6.42 Å². The second kappa shape index (κ2) is 10.8. The van der Waals surface area contributed by atoms with Gasteiger partial charge in [0.2, 0.25) is 11.8 Å². The molecular formula is C13H23N3O6S. The number of amides is 2. The number of hydrogen-bond acceptors (Lipinski definition) is 6. The number of carbonyl (C=O) groups excluding carboxylic acids is 2. The van der Waals surface area contributed by atoms with Gasteiger partial charge in [-0.1, -0.05) is 13.8 Å². The fraction of sp³-hybridized carbons (Fsp3) is 0.692. The van der Waals surface area contributed by atoms with Gasteiger partial charge in [0.25, 0.3) is 0 Å². The number of carboxylic acid groups (broad SMARTS) is 2. The number of thiol groups is 1. The van der Waals surface area contributed by atoms with Gasteiger partial charge in [0, 0.05) is 18.2 Å². The number of carbonyl (C=O) groups is 4. The molecule has 23 heavy (non-hydrogen) atoms. The second-order valence-electron chi connectivity index (χ2n) is 5.17. The van der Waals surface area contributed by atoms with Crippen LogP contribution in [0.15, 0.2) is 0 Å². The van der Waals surface area contributed by atoms with Crippen LogP contribution in [0.3, 0.4) is 0 Å². The Morgan fingerprint density at radius 1 is 1.09 bits per heavy atom. The van der Waals surface area contributed by atoms with E-state index in [-0.39, 0.29) is 24.6 Å². The predicted octanol–water partition coefficient (Wildman–Crippen LogP) is -1.17. The third-order valence-electron chi connectivity index (χ3n) is 2.74. The molecule has 0 aromatic carbocycles. The van der Waals surface area contributed by atoms with Gasteiger partial charge < -0.3 is 26.2 Å². The zero-order valence-corrected chi connectivity index (χ0v) is 13.9. The van der Waals surface area contributed by atoms with Gasteiger partial charge in [0.05, 0.1) is 0 Å². The van der Waals surface area contributed by atoms with E-state index in [4.69, 9.17) is 10.2 Å². The molecule has 0 spiro atoms. The van der Waals surface area contributed by atoms with Crippen molar-refractivity contribution in [1.29, 1.82) is 0 Å². The number of aliphatic carboxylic acids is 2. The molecule has 0 saturated heterocycles.